The molecule has 1 nitrogen and oxygen atoms in total. The summed E-state index contributed by atoms with van der Waals surface area (Å²) in [6.45, 7) is 3.30. The van der Waals surface area contributed by atoms with Crippen molar-refractivity contribution < 1.29 is 9.50 Å². The maximum Gasteiger partial charge on any atom is 0.115 e. The summed E-state index contributed by atoms with van der Waals surface area (Å²) < 4.78 is 11.5. The standard InChI is InChI=1S/C6H13FO/c1-5(2)3-6(8)4-7/h5-6,8H,3-4H2,1-2H3. The number of hydrogen-bond donors (Lipinski definition) is 1. The van der Waals surface area contributed by atoms with Crippen molar-refractivity contribution in [3.05, 3.63) is 0 Å². The summed E-state index contributed by atoms with van der Waals surface area (Å²) in [6.07, 6.45) is -0.175. The van der Waals surface area contributed by atoms with E-state index in [1.54, 1.807) is 0 Å². The third-order valence-corrected chi connectivity index (χ3v) is 0.922. The molecule has 0 bridgehead atoms. The van der Waals surface area contributed by atoms with Crippen LogP contribution in [0.5, 0.6) is 0 Å². The van der Waals surface area contributed by atoms with E-state index in [2.05, 4.69) is 0 Å². The van der Waals surface area contributed by atoms with Crippen LogP contribution < -0.4 is 0 Å². The zero-order valence-corrected chi connectivity index (χ0v) is 5.39. The first kappa shape index (κ1) is 7.89. The Bertz CT molecular complexity index is 54.5. The SMILES string of the molecule is CC(C)CC(O)CF. The summed E-state index contributed by atoms with van der Waals surface area (Å²) in [7, 11) is 0. The van der Waals surface area contributed by atoms with Crippen molar-refractivity contribution in [2.24, 2.45) is 5.92 Å². The lowest BCUT2D eigenvalue weighted by Crippen LogP contribution is -2.11. The fourth-order valence-corrected chi connectivity index (χ4v) is 0.607. The molecule has 0 fully saturated rings. The lowest BCUT2D eigenvalue weighted by atomic mass is 10.1. The van der Waals surface area contributed by atoms with Crippen LogP contribution in [-0.2, 0) is 0 Å². The van der Waals surface area contributed by atoms with Crippen molar-refractivity contribution >= 4 is 0 Å². The molecule has 0 aliphatic heterocycles. The van der Waals surface area contributed by atoms with Gasteiger partial charge in [0, 0.05) is 0 Å². The summed E-state index contributed by atoms with van der Waals surface area (Å²) in [5.74, 6) is 0.390. The Morgan fingerprint density at radius 2 is 2.00 bits per heavy atom. The van der Waals surface area contributed by atoms with Gasteiger partial charge in [-0.05, 0) is 12.3 Å². The number of alkyl halides is 1. The molecule has 0 saturated heterocycles. The van der Waals surface area contributed by atoms with Crippen LogP contribution in [-0.4, -0.2) is 17.9 Å². The highest BCUT2D eigenvalue weighted by Crippen LogP contribution is 2.03. The Balaban J connectivity index is 3.10. The number of hydrogen-bond acceptors (Lipinski definition) is 1. The quantitative estimate of drug-likeness (QED) is 0.596. The van der Waals surface area contributed by atoms with Crippen LogP contribution >= 0.6 is 0 Å². The van der Waals surface area contributed by atoms with Gasteiger partial charge < -0.3 is 5.11 Å². The third kappa shape index (κ3) is 4.06. The van der Waals surface area contributed by atoms with E-state index in [0.717, 1.165) is 0 Å². The van der Waals surface area contributed by atoms with Gasteiger partial charge in [0.15, 0.2) is 0 Å². The van der Waals surface area contributed by atoms with E-state index in [-0.39, 0.29) is 0 Å². The minimum atomic E-state index is -0.741. The van der Waals surface area contributed by atoms with Gasteiger partial charge in [0.1, 0.15) is 6.67 Å². The lowest BCUT2D eigenvalue weighted by Gasteiger charge is -2.06. The monoisotopic (exact) mass is 120 g/mol. The molecule has 2 heteroatoms. The molecule has 0 radical (unpaired) electrons. The summed E-state index contributed by atoms with van der Waals surface area (Å²) in [4.78, 5) is 0. The minimum Gasteiger partial charge on any atom is -0.390 e. The van der Waals surface area contributed by atoms with Gasteiger partial charge in [-0.1, -0.05) is 13.8 Å². The average Bonchev–Trinajstić information content (AvgIpc) is 1.65. The van der Waals surface area contributed by atoms with E-state index in [9.17, 15) is 4.39 Å². The van der Waals surface area contributed by atoms with Gasteiger partial charge in [0.2, 0.25) is 0 Å². The van der Waals surface area contributed by atoms with Crippen molar-refractivity contribution in [2.75, 3.05) is 6.67 Å². The van der Waals surface area contributed by atoms with Crippen LogP contribution in [0.25, 0.3) is 0 Å². The van der Waals surface area contributed by atoms with Gasteiger partial charge in [-0.15, -0.1) is 0 Å². The van der Waals surface area contributed by atoms with Crippen molar-refractivity contribution in [3.63, 3.8) is 0 Å². The van der Waals surface area contributed by atoms with Crippen LogP contribution in [0, 0.1) is 5.92 Å². The van der Waals surface area contributed by atoms with E-state index >= 15 is 0 Å². The molecule has 50 valence electrons. The Morgan fingerprint density at radius 1 is 1.50 bits per heavy atom. The molecule has 0 amide bonds. The van der Waals surface area contributed by atoms with Crippen molar-refractivity contribution in [1.29, 1.82) is 0 Å². The Kier molecular flexibility index (Phi) is 3.79. The fourth-order valence-electron chi connectivity index (χ4n) is 0.607. The summed E-state index contributed by atoms with van der Waals surface area (Å²) in [6, 6.07) is 0. The van der Waals surface area contributed by atoms with E-state index < -0.39 is 12.8 Å². The normalized spacial score (nSPS) is 14.6. The second-order valence-corrected chi connectivity index (χ2v) is 2.44. The number of aliphatic hydroxyl groups excluding tert-OH is 1. The first-order valence-electron chi connectivity index (χ1n) is 2.90. The molecule has 0 heterocycles. The smallest absolute Gasteiger partial charge is 0.115 e. The van der Waals surface area contributed by atoms with E-state index in [1.165, 1.54) is 0 Å². The molecule has 1 unspecified atom stereocenters. The highest BCUT2D eigenvalue weighted by molar-refractivity contribution is 4.54. The van der Waals surface area contributed by atoms with Crippen molar-refractivity contribution in [3.8, 4) is 0 Å². The van der Waals surface area contributed by atoms with Gasteiger partial charge >= 0.3 is 0 Å². The van der Waals surface area contributed by atoms with E-state index in [0.29, 0.717) is 12.3 Å². The zero-order valence-electron chi connectivity index (χ0n) is 5.39. The molecule has 0 aromatic heterocycles. The molecule has 1 N–H and O–H groups in total. The average molecular weight is 120 g/mol. The largest absolute Gasteiger partial charge is 0.390 e. The molecule has 0 aromatic rings. The second kappa shape index (κ2) is 3.84. The van der Waals surface area contributed by atoms with Gasteiger partial charge in [0.05, 0.1) is 6.10 Å². The van der Waals surface area contributed by atoms with Crippen LogP contribution in [0.4, 0.5) is 4.39 Å². The van der Waals surface area contributed by atoms with Gasteiger partial charge in [-0.3, -0.25) is 0 Å². The molecule has 0 rings (SSSR count). The molecule has 0 aliphatic rings. The number of aliphatic hydroxyl groups is 1. The van der Waals surface area contributed by atoms with Crippen LogP contribution in [0.3, 0.4) is 0 Å². The highest BCUT2D eigenvalue weighted by Gasteiger charge is 2.04. The minimum absolute atomic E-state index is 0.390. The zero-order chi connectivity index (χ0) is 6.57. The van der Waals surface area contributed by atoms with Gasteiger partial charge in [-0.2, -0.15) is 0 Å². The maximum atomic E-state index is 11.5. The molecule has 0 saturated carbocycles. The predicted molar refractivity (Wildman–Crippen MR) is 31.4 cm³/mol. The van der Waals surface area contributed by atoms with Crippen LogP contribution in [0.1, 0.15) is 20.3 Å². The second-order valence-electron chi connectivity index (χ2n) is 2.44. The van der Waals surface area contributed by atoms with Crippen LogP contribution in [0.15, 0.2) is 0 Å². The molecule has 1 atom stereocenters. The fraction of sp³-hybridized carbons (Fsp3) is 1.00. The summed E-state index contributed by atoms with van der Waals surface area (Å²) >= 11 is 0. The Morgan fingerprint density at radius 3 is 2.12 bits per heavy atom. The van der Waals surface area contributed by atoms with E-state index in [1.807, 2.05) is 13.8 Å². The van der Waals surface area contributed by atoms with Crippen LogP contribution in [0.2, 0.25) is 0 Å². The molecule has 8 heavy (non-hydrogen) atoms. The first-order valence-corrected chi connectivity index (χ1v) is 2.90. The molecule has 0 aliphatic carbocycles. The van der Waals surface area contributed by atoms with Crippen molar-refractivity contribution in [1.82, 2.24) is 0 Å². The van der Waals surface area contributed by atoms with E-state index in [4.69, 9.17) is 5.11 Å². The van der Waals surface area contributed by atoms with Crippen molar-refractivity contribution in [2.45, 2.75) is 26.4 Å². The maximum absolute atomic E-state index is 11.5. The topological polar surface area (TPSA) is 20.2 Å². The predicted octanol–water partition coefficient (Wildman–Crippen LogP) is 1.36. The highest BCUT2D eigenvalue weighted by atomic mass is 19.1. The molecular formula is C6H13FO. The lowest BCUT2D eigenvalue weighted by molar-refractivity contribution is 0.118. The summed E-state index contributed by atoms with van der Waals surface area (Å²) in [5, 5.41) is 8.65. The number of rotatable bonds is 3. The first-order chi connectivity index (χ1) is 3.66. The molecular weight excluding hydrogens is 107 g/mol. The van der Waals surface area contributed by atoms with Gasteiger partial charge in [0.25, 0.3) is 0 Å². The Hall–Kier alpha value is -0.110. The number of halogens is 1. The Labute approximate surface area is 49.5 Å². The molecule has 0 aromatic carbocycles. The summed E-state index contributed by atoms with van der Waals surface area (Å²) in [5.41, 5.74) is 0. The molecule has 0 spiro atoms. The van der Waals surface area contributed by atoms with Gasteiger partial charge in [-0.25, -0.2) is 4.39 Å². The third-order valence-electron chi connectivity index (χ3n) is 0.922.